The van der Waals surface area contributed by atoms with E-state index in [4.69, 9.17) is 19.1 Å². The highest BCUT2D eigenvalue weighted by Crippen LogP contribution is 2.43. The average Bonchev–Trinajstić information content (AvgIpc) is 3.13. The summed E-state index contributed by atoms with van der Waals surface area (Å²) in [7, 11) is -4.66. The van der Waals surface area contributed by atoms with Gasteiger partial charge in [0.15, 0.2) is 6.10 Å². The molecule has 0 aliphatic carbocycles. The number of carbonyl (C=O) groups excluding carboxylic acids is 2. The van der Waals surface area contributed by atoms with Crippen LogP contribution in [0.25, 0.3) is 0 Å². The third-order valence-electron chi connectivity index (χ3n) is 7.73. The monoisotopic (exact) mass is 784 g/mol. The van der Waals surface area contributed by atoms with Gasteiger partial charge in [-0.1, -0.05) is 139 Å². The molecule has 12 nitrogen and oxygen atoms in total. The Kier molecular flexibility index (Phi) is 33.1. The highest BCUT2D eigenvalue weighted by Gasteiger charge is 2.27. The summed E-state index contributed by atoms with van der Waals surface area (Å²) in [6.45, 7) is 4.16. The molecule has 0 fully saturated rings. The van der Waals surface area contributed by atoms with Crippen LogP contribution in [-0.4, -0.2) is 88.1 Å². The number of rotatable bonds is 34. The van der Waals surface area contributed by atoms with Gasteiger partial charge in [-0.15, -0.1) is 0 Å². The van der Waals surface area contributed by atoms with Gasteiger partial charge in [-0.05, 0) is 44.4 Å². The van der Waals surface area contributed by atoms with Crippen LogP contribution in [0.3, 0.4) is 0 Å². The number of aliphatic hydroxyl groups is 4. The lowest BCUT2D eigenvalue weighted by molar-refractivity contribution is -0.161. The van der Waals surface area contributed by atoms with Crippen molar-refractivity contribution in [2.45, 2.75) is 141 Å². The predicted octanol–water partition coefficient (Wildman–Crippen LogP) is 7.51. The van der Waals surface area contributed by atoms with E-state index in [0.29, 0.717) is 32.1 Å². The van der Waals surface area contributed by atoms with Crippen molar-refractivity contribution in [3.63, 3.8) is 0 Å². The molecule has 0 saturated heterocycles. The van der Waals surface area contributed by atoms with Crippen LogP contribution in [0.4, 0.5) is 0 Å². The molecule has 0 bridgehead atoms. The molecule has 13 heteroatoms. The highest BCUT2D eigenvalue weighted by atomic mass is 31.2. The van der Waals surface area contributed by atoms with Crippen LogP contribution in [0.1, 0.15) is 117 Å². The number of phosphoric acid groups is 1. The normalized spacial score (nSPS) is 16.0. The van der Waals surface area contributed by atoms with E-state index in [-0.39, 0.29) is 12.8 Å². The van der Waals surface area contributed by atoms with Crippen molar-refractivity contribution in [3.8, 4) is 0 Å². The zero-order chi connectivity index (χ0) is 40.3. The van der Waals surface area contributed by atoms with Crippen LogP contribution in [0.2, 0.25) is 0 Å². The van der Waals surface area contributed by atoms with Crippen molar-refractivity contribution >= 4 is 19.8 Å². The summed E-state index contributed by atoms with van der Waals surface area (Å²) in [6, 6.07) is 0. The maximum absolute atomic E-state index is 12.5. The Labute approximate surface area is 323 Å². The van der Waals surface area contributed by atoms with Gasteiger partial charge in [0.1, 0.15) is 12.7 Å². The van der Waals surface area contributed by atoms with Gasteiger partial charge in [0.2, 0.25) is 0 Å². The molecule has 0 aromatic heterocycles. The number of hydrogen-bond acceptors (Lipinski definition) is 11. The molecule has 310 valence electrons. The smallest absolute Gasteiger partial charge is 0.462 e. The highest BCUT2D eigenvalue weighted by molar-refractivity contribution is 7.47. The Morgan fingerprint density at radius 3 is 2.00 bits per heavy atom. The van der Waals surface area contributed by atoms with E-state index in [2.05, 4.69) is 18.4 Å². The first-order valence-corrected chi connectivity index (χ1v) is 21.0. The zero-order valence-electron chi connectivity index (χ0n) is 32.8. The summed E-state index contributed by atoms with van der Waals surface area (Å²) >= 11 is 0. The van der Waals surface area contributed by atoms with Gasteiger partial charge in [-0.2, -0.15) is 0 Å². The average molecular weight is 785 g/mol. The molecule has 0 amide bonds. The van der Waals surface area contributed by atoms with Crippen LogP contribution in [-0.2, 0) is 32.7 Å². The van der Waals surface area contributed by atoms with E-state index in [9.17, 15) is 34.4 Å². The van der Waals surface area contributed by atoms with Crippen LogP contribution < -0.4 is 0 Å². The number of allylic oxidation sites excluding steroid dienone is 8. The van der Waals surface area contributed by atoms with Crippen molar-refractivity contribution in [2.24, 2.45) is 5.92 Å². The zero-order valence-corrected chi connectivity index (χ0v) is 33.7. The largest absolute Gasteiger partial charge is 0.472 e. The van der Waals surface area contributed by atoms with Gasteiger partial charge in [0, 0.05) is 12.8 Å². The number of carbonyl (C=O) groups is 2. The molecular formula is C41H69O12P. The van der Waals surface area contributed by atoms with Gasteiger partial charge < -0.3 is 34.8 Å². The number of ether oxygens (including phenoxy) is 2. The molecule has 0 aromatic rings. The second kappa shape index (κ2) is 34.8. The van der Waals surface area contributed by atoms with Gasteiger partial charge in [-0.3, -0.25) is 18.6 Å². The first-order chi connectivity index (χ1) is 25.9. The van der Waals surface area contributed by atoms with Crippen molar-refractivity contribution in [1.29, 1.82) is 0 Å². The molecule has 0 radical (unpaired) electrons. The van der Waals surface area contributed by atoms with Gasteiger partial charge in [0.05, 0.1) is 32.0 Å². The summed E-state index contributed by atoms with van der Waals surface area (Å²) in [5.74, 6) is -0.403. The van der Waals surface area contributed by atoms with Crippen molar-refractivity contribution in [3.05, 3.63) is 72.9 Å². The Balaban J connectivity index is 4.61. The molecule has 0 rings (SSSR count). The molecule has 0 heterocycles. The van der Waals surface area contributed by atoms with Gasteiger partial charge in [0.25, 0.3) is 0 Å². The summed E-state index contributed by atoms with van der Waals surface area (Å²) in [5, 5.41) is 38.2. The summed E-state index contributed by atoms with van der Waals surface area (Å²) < 4.78 is 32.4. The number of esters is 2. The number of unbranched alkanes of at least 4 members (excludes halogenated alkanes) is 7. The fourth-order valence-electron chi connectivity index (χ4n) is 4.68. The minimum atomic E-state index is -4.66. The van der Waals surface area contributed by atoms with E-state index < -0.39 is 70.6 Å². The quantitative estimate of drug-likeness (QED) is 0.0142. The minimum absolute atomic E-state index is 0.0518. The topological polar surface area (TPSA) is 189 Å². The van der Waals surface area contributed by atoms with Crippen molar-refractivity contribution in [1.82, 2.24) is 0 Å². The lowest BCUT2D eigenvalue weighted by Crippen LogP contribution is -2.29. The molecule has 1 unspecified atom stereocenters. The number of hydrogen-bond donors (Lipinski definition) is 5. The molecule has 0 aliphatic rings. The lowest BCUT2D eigenvalue weighted by Gasteiger charge is -2.20. The molecule has 5 N–H and O–H groups in total. The Hall–Kier alpha value is -2.67. The van der Waals surface area contributed by atoms with E-state index in [0.717, 1.165) is 38.0 Å². The molecule has 0 spiro atoms. The first-order valence-electron chi connectivity index (χ1n) is 19.5. The number of phosphoric ester groups is 1. The van der Waals surface area contributed by atoms with Crippen LogP contribution >= 0.6 is 7.82 Å². The second-order valence-electron chi connectivity index (χ2n) is 13.5. The van der Waals surface area contributed by atoms with Crippen LogP contribution in [0, 0.1) is 5.92 Å². The molecule has 0 aromatic carbocycles. The summed E-state index contributed by atoms with van der Waals surface area (Å²) in [6.07, 6.45) is 29.8. The molecule has 0 saturated carbocycles. The third kappa shape index (κ3) is 35.1. The maximum Gasteiger partial charge on any atom is 0.472 e. The minimum Gasteiger partial charge on any atom is -0.462 e. The molecule has 5 atom stereocenters. The van der Waals surface area contributed by atoms with Crippen LogP contribution in [0.15, 0.2) is 72.9 Å². The van der Waals surface area contributed by atoms with Crippen LogP contribution in [0.5, 0.6) is 0 Å². The molecule has 0 aliphatic heterocycles. The Morgan fingerprint density at radius 2 is 1.33 bits per heavy atom. The Morgan fingerprint density at radius 1 is 0.704 bits per heavy atom. The predicted molar refractivity (Wildman–Crippen MR) is 212 cm³/mol. The van der Waals surface area contributed by atoms with Gasteiger partial charge in [-0.25, -0.2) is 4.57 Å². The fourth-order valence-corrected chi connectivity index (χ4v) is 5.47. The first kappa shape index (κ1) is 51.3. The van der Waals surface area contributed by atoms with E-state index >= 15 is 0 Å². The van der Waals surface area contributed by atoms with E-state index in [1.54, 1.807) is 30.4 Å². The molecule has 54 heavy (non-hydrogen) atoms. The summed E-state index contributed by atoms with van der Waals surface area (Å²) in [5.41, 5.74) is 0. The Bertz CT molecular complexity index is 1180. The molecular weight excluding hydrogens is 715 g/mol. The standard InChI is InChI=1S/C41H69O12P/c1-4-5-17-25-36(43)26-19-13-9-7-10-14-20-27-37(44)28-21-16-23-29-40(46)50-33-39(34-52-54(48,49)51-32-38(45)31-42)53-41(47)30-22-15-11-6-8-12-18-24-35(2)3/h5,9-10,13-14,17,19-21,26-28,35-39,42-45H,4,6-8,11-12,15-16,18,22-25,29-34H2,1-3H3,(H,48,49)/b13-9-,14-10-,17-5-,26-19+,27-20+,28-21-/t36-,37-,38+,39-/m1/s1. The fraction of sp³-hybridized carbons (Fsp3) is 0.659. The third-order valence-corrected chi connectivity index (χ3v) is 8.68. The van der Waals surface area contributed by atoms with E-state index in [1.807, 2.05) is 49.5 Å². The van der Waals surface area contributed by atoms with E-state index in [1.165, 1.54) is 19.3 Å². The number of aliphatic hydroxyl groups excluding tert-OH is 4. The van der Waals surface area contributed by atoms with Gasteiger partial charge >= 0.3 is 19.8 Å². The second-order valence-corrected chi connectivity index (χ2v) is 14.9. The SMILES string of the molecule is CC/C=C\C[C@@H](O)/C=C/C=C\C/C=C\C=C\[C@@H](O)/C=C\CCCC(=O)OC[C@H](COP(=O)(O)OC[C@@H](O)CO)OC(=O)CCCCCCCCCC(C)C. The lowest BCUT2D eigenvalue weighted by atomic mass is 10.0. The maximum atomic E-state index is 12.5. The van der Waals surface area contributed by atoms with Crippen molar-refractivity contribution in [2.75, 3.05) is 26.4 Å². The van der Waals surface area contributed by atoms with Crippen molar-refractivity contribution < 1.29 is 58.0 Å². The summed E-state index contributed by atoms with van der Waals surface area (Å²) in [4.78, 5) is 34.8.